The number of aliphatic hydroxyl groups excluding tert-OH is 1. The van der Waals surface area contributed by atoms with Crippen LogP contribution in [0.25, 0.3) is 0 Å². The number of nitrogens with zero attached hydrogens (tertiary/aromatic N) is 1. The van der Waals surface area contributed by atoms with Gasteiger partial charge in [-0.1, -0.05) is 0 Å². The molecule has 1 N–H and O–H groups in total. The number of aliphatic imine (C=N–C) groups is 1. The topological polar surface area (TPSA) is 41.8 Å². The Morgan fingerprint density at radius 1 is 1.86 bits per heavy atom. The van der Waals surface area contributed by atoms with E-state index < -0.39 is 6.23 Å². The fourth-order valence-electron chi connectivity index (χ4n) is 0.385. The summed E-state index contributed by atoms with van der Waals surface area (Å²) < 4.78 is 4.72. The van der Waals surface area contributed by atoms with Gasteiger partial charge in [-0.15, -0.1) is 0 Å². The molecule has 1 unspecified atom stereocenters. The largest absolute Gasteiger partial charge is 0.476 e. The maximum atomic E-state index is 8.67. The Kier molecular flexibility index (Phi) is 0.982. The maximum absolute atomic E-state index is 8.67. The number of hydrogen-bond acceptors (Lipinski definition) is 3. The molecule has 1 rings (SSSR count). The van der Waals surface area contributed by atoms with Crippen LogP contribution in [-0.2, 0) is 4.74 Å². The monoisotopic (exact) mass is 101 g/mol. The zero-order valence-corrected chi connectivity index (χ0v) is 4.03. The Morgan fingerprint density at radius 2 is 2.57 bits per heavy atom. The molecule has 3 nitrogen and oxygen atoms in total. The van der Waals surface area contributed by atoms with E-state index in [2.05, 4.69) is 4.99 Å². The summed E-state index contributed by atoms with van der Waals surface area (Å²) in [5.74, 6) is 0. The summed E-state index contributed by atoms with van der Waals surface area (Å²) in [6, 6.07) is 0. The van der Waals surface area contributed by atoms with Crippen molar-refractivity contribution in [1.29, 1.82) is 0 Å². The number of rotatable bonds is 0. The van der Waals surface area contributed by atoms with Crippen molar-refractivity contribution in [3.63, 3.8) is 0 Å². The molecule has 1 heterocycles. The molecule has 0 aliphatic carbocycles. The lowest BCUT2D eigenvalue weighted by atomic mass is 10.4. The van der Waals surface area contributed by atoms with Crippen molar-refractivity contribution in [3.05, 3.63) is 0 Å². The first kappa shape index (κ1) is 4.59. The molecular weight excluding hydrogens is 94.0 g/mol. The van der Waals surface area contributed by atoms with E-state index >= 15 is 0 Å². The van der Waals surface area contributed by atoms with Crippen molar-refractivity contribution in [3.8, 4) is 0 Å². The summed E-state index contributed by atoms with van der Waals surface area (Å²) in [5.41, 5.74) is 0. The van der Waals surface area contributed by atoms with E-state index in [9.17, 15) is 0 Å². The van der Waals surface area contributed by atoms with Crippen molar-refractivity contribution < 1.29 is 9.84 Å². The smallest absolute Gasteiger partial charge is 0.185 e. The summed E-state index contributed by atoms with van der Waals surface area (Å²) in [4.78, 5) is 3.53. The van der Waals surface area contributed by atoms with Crippen LogP contribution >= 0.6 is 0 Å². The average Bonchev–Trinajstić information content (AvgIpc) is 1.91. The fraction of sp³-hybridized carbons (Fsp3) is 0.750. The first-order valence-electron chi connectivity index (χ1n) is 2.16. The molecular formula is C4H7NO2. The van der Waals surface area contributed by atoms with Crippen molar-refractivity contribution in [2.45, 2.75) is 19.3 Å². The Bertz CT molecular complexity index is 91.7. The standard InChI is InChI=1S/C4H7NO2/c1-3-4(6)5-2-7-3/h2-4,6H,1H3/t3-,4?/m0/s1. The van der Waals surface area contributed by atoms with Crippen LogP contribution in [0.5, 0.6) is 0 Å². The molecule has 1 aliphatic heterocycles. The summed E-state index contributed by atoms with van der Waals surface area (Å²) >= 11 is 0. The van der Waals surface area contributed by atoms with Crippen LogP contribution in [0.3, 0.4) is 0 Å². The molecule has 0 fully saturated rings. The minimum atomic E-state index is -0.639. The van der Waals surface area contributed by atoms with E-state index in [4.69, 9.17) is 9.84 Å². The van der Waals surface area contributed by atoms with E-state index in [-0.39, 0.29) is 6.10 Å². The Balaban J connectivity index is 2.45. The summed E-state index contributed by atoms with van der Waals surface area (Å²) in [6.07, 6.45) is 0.481. The predicted octanol–water partition coefficient (Wildman–Crippen LogP) is -0.248. The van der Waals surface area contributed by atoms with Crippen LogP contribution in [0.2, 0.25) is 0 Å². The first-order chi connectivity index (χ1) is 3.30. The lowest BCUT2D eigenvalue weighted by molar-refractivity contribution is 0.0789. The van der Waals surface area contributed by atoms with Gasteiger partial charge in [-0.25, -0.2) is 4.99 Å². The van der Waals surface area contributed by atoms with Crippen molar-refractivity contribution in [2.75, 3.05) is 0 Å². The minimum absolute atomic E-state index is 0.153. The van der Waals surface area contributed by atoms with E-state index in [1.54, 1.807) is 6.92 Å². The fourth-order valence-corrected chi connectivity index (χ4v) is 0.385. The Morgan fingerprint density at radius 3 is 2.71 bits per heavy atom. The SMILES string of the molecule is C[C@@H]1OC=NC1O. The first-order valence-corrected chi connectivity index (χ1v) is 2.16. The van der Waals surface area contributed by atoms with Crippen molar-refractivity contribution in [1.82, 2.24) is 0 Å². The van der Waals surface area contributed by atoms with E-state index in [1.165, 1.54) is 6.40 Å². The zero-order valence-electron chi connectivity index (χ0n) is 4.03. The highest BCUT2D eigenvalue weighted by Crippen LogP contribution is 2.03. The summed E-state index contributed by atoms with van der Waals surface area (Å²) in [5, 5.41) is 8.67. The molecule has 0 bridgehead atoms. The van der Waals surface area contributed by atoms with Gasteiger partial charge in [-0.2, -0.15) is 0 Å². The molecule has 0 aromatic heterocycles. The minimum Gasteiger partial charge on any atom is -0.476 e. The van der Waals surface area contributed by atoms with Crippen LogP contribution in [0, 0.1) is 0 Å². The van der Waals surface area contributed by atoms with Gasteiger partial charge in [0.2, 0.25) is 0 Å². The van der Waals surface area contributed by atoms with Crippen molar-refractivity contribution in [2.24, 2.45) is 4.99 Å². The molecule has 7 heavy (non-hydrogen) atoms. The van der Waals surface area contributed by atoms with Crippen molar-refractivity contribution >= 4 is 6.40 Å². The highest BCUT2D eigenvalue weighted by atomic mass is 16.5. The Labute approximate surface area is 41.6 Å². The second-order valence-electron chi connectivity index (χ2n) is 1.51. The maximum Gasteiger partial charge on any atom is 0.185 e. The third-order valence-electron chi connectivity index (χ3n) is 0.909. The van der Waals surface area contributed by atoms with Gasteiger partial charge in [0.1, 0.15) is 6.10 Å². The van der Waals surface area contributed by atoms with E-state index in [0.29, 0.717) is 0 Å². The number of aliphatic hydroxyl groups is 1. The van der Waals surface area contributed by atoms with Crippen LogP contribution in [0.15, 0.2) is 4.99 Å². The molecule has 0 spiro atoms. The molecule has 3 heteroatoms. The molecule has 2 atom stereocenters. The molecule has 0 amide bonds. The van der Waals surface area contributed by atoms with Gasteiger partial charge in [-0.05, 0) is 6.92 Å². The summed E-state index contributed by atoms with van der Waals surface area (Å²) in [6.45, 7) is 1.76. The van der Waals surface area contributed by atoms with Gasteiger partial charge in [0.25, 0.3) is 0 Å². The van der Waals surface area contributed by atoms with Crippen LogP contribution in [-0.4, -0.2) is 23.8 Å². The molecule has 1 aliphatic rings. The van der Waals surface area contributed by atoms with E-state index in [1.807, 2.05) is 0 Å². The van der Waals surface area contributed by atoms with Gasteiger partial charge in [-0.3, -0.25) is 0 Å². The molecule has 0 radical (unpaired) electrons. The number of ether oxygens (including phenoxy) is 1. The van der Waals surface area contributed by atoms with Crippen LogP contribution in [0.1, 0.15) is 6.92 Å². The second-order valence-corrected chi connectivity index (χ2v) is 1.51. The highest BCUT2D eigenvalue weighted by Gasteiger charge is 2.16. The quantitative estimate of drug-likeness (QED) is 0.457. The zero-order chi connectivity index (χ0) is 5.28. The molecule has 0 saturated carbocycles. The predicted molar refractivity (Wildman–Crippen MR) is 25.0 cm³/mol. The van der Waals surface area contributed by atoms with Crippen LogP contribution < -0.4 is 0 Å². The molecule has 0 saturated heterocycles. The molecule has 0 aromatic rings. The lowest BCUT2D eigenvalue weighted by Crippen LogP contribution is -2.16. The molecule has 0 aromatic carbocycles. The Hall–Kier alpha value is -0.570. The highest BCUT2D eigenvalue weighted by molar-refractivity contribution is 5.49. The van der Waals surface area contributed by atoms with Gasteiger partial charge in [0, 0.05) is 0 Å². The third-order valence-corrected chi connectivity index (χ3v) is 0.909. The summed E-state index contributed by atoms with van der Waals surface area (Å²) in [7, 11) is 0. The average molecular weight is 101 g/mol. The van der Waals surface area contributed by atoms with Gasteiger partial charge < -0.3 is 9.84 Å². The molecule has 40 valence electrons. The third kappa shape index (κ3) is 0.718. The number of hydrogen-bond donors (Lipinski definition) is 1. The van der Waals surface area contributed by atoms with Gasteiger partial charge in [0.15, 0.2) is 12.6 Å². The van der Waals surface area contributed by atoms with Gasteiger partial charge >= 0.3 is 0 Å². The van der Waals surface area contributed by atoms with Gasteiger partial charge in [0.05, 0.1) is 0 Å². The van der Waals surface area contributed by atoms with E-state index in [0.717, 1.165) is 0 Å². The lowest BCUT2D eigenvalue weighted by Gasteiger charge is -2.02. The second kappa shape index (κ2) is 1.50. The van der Waals surface area contributed by atoms with Crippen LogP contribution in [0.4, 0.5) is 0 Å². The normalized spacial score (nSPS) is 38.6.